The molecule has 1 aromatic carbocycles. The molecule has 1 amide bonds. The molecule has 0 spiro atoms. The van der Waals surface area contributed by atoms with Gasteiger partial charge in [0.1, 0.15) is 17.2 Å². The molecule has 0 fully saturated rings. The van der Waals surface area contributed by atoms with E-state index < -0.39 is 0 Å². The smallest absolute Gasteiger partial charge is 0.273 e. The number of carbonyl (C=O) groups excluding carboxylic acids is 1. The van der Waals surface area contributed by atoms with Crippen LogP contribution in [0.5, 0.6) is 11.5 Å². The average Bonchev–Trinajstić information content (AvgIpc) is 3.03. The number of thiazole rings is 1. The molecule has 0 aliphatic carbocycles. The Morgan fingerprint density at radius 3 is 2.78 bits per heavy atom. The van der Waals surface area contributed by atoms with Gasteiger partial charge in [-0.25, -0.2) is 4.98 Å². The molecule has 0 saturated carbocycles. The van der Waals surface area contributed by atoms with Crippen molar-refractivity contribution < 1.29 is 14.3 Å². The van der Waals surface area contributed by atoms with Gasteiger partial charge in [-0.3, -0.25) is 4.79 Å². The summed E-state index contributed by atoms with van der Waals surface area (Å²) in [4.78, 5) is 18.4. The molecule has 7 heteroatoms. The first-order valence-electron chi connectivity index (χ1n) is 7.20. The number of aromatic nitrogens is 1. The fourth-order valence-corrected chi connectivity index (χ4v) is 2.94. The Labute approximate surface area is 139 Å². The van der Waals surface area contributed by atoms with E-state index in [1.54, 1.807) is 37.6 Å². The van der Waals surface area contributed by atoms with Crippen LogP contribution >= 0.6 is 11.3 Å². The van der Waals surface area contributed by atoms with Crippen LogP contribution in [0.3, 0.4) is 0 Å². The molecule has 1 aromatic heterocycles. The van der Waals surface area contributed by atoms with Gasteiger partial charge in [0.2, 0.25) is 0 Å². The number of benzene rings is 1. The number of hydrogen-bond acceptors (Lipinski definition) is 6. The van der Waals surface area contributed by atoms with E-state index in [-0.39, 0.29) is 5.91 Å². The van der Waals surface area contributed by atoms with Crippen molar-refractivity contribution in [3.63, 3.8) is 0 Å². The van der Waals surface area contributed by atoms with E-state index in [9.17, 15) is 4.79 Å². The molecule has 2 rings (SSSR count). The molecule has 0 unspecified atom stereocenters. The zero-order valence-corrected chi connectivity index (χ0v) is 14.4. The van der Waals surface area contributed by atoms with Crippen LogP contribution in [0.2, 0.25) is 0 Å². The summed E-state index contributed by atoms with van der Waals surface area (Å²) in [7, 11) is 4.94. The minimum Gasteiger partial charge on any atom is -0.497 e. The molecule has 2 N–H and O–H groups in total. The van der Waals surface area contributed by atoms with E-state index in [1.807, 2.05) is 12.1 Å². The highest BCUT2D eigenvalue weighted by Gasteiger charge is 2.17. The third kappa shape index (κ3) is 4.20. The zero-order chi connectivity index (χ0) is 16.8. The van der Waals surface area contributed by atoms with Crippen LogP contribution in [-0.4, -0.2) is 43.6 Å². The van der Waals surface area contributed by atoms with Crippen LogP contribution in [0.15, 0.2) is 23.6 Å². The van der Waals surface area contributed by atoms with E-state index >= 15 is 0 Å². The standard InChI is InChI=1S/C16H21N3O3S/c1-19(16(20)13-10-23-15(18-13)6-7-17)9-11-4-5-12(21-2)8-14(11)22-3/h4-5,8,10H,6-7,9,17H2,1-3H3. The lowest BCUT2D eigenvalue weighted by atomic mass is 10.1. The Kier molecular flexibility index (Phi) is 5.95. The summed E-state index contributed by atoms with van der Waals surface area (Å²) >= 11 is 1.46. The molecular formula is C16H21N3O3S. The number of hydrogen-bond donors (Lipinski definition) is 1. The fraction of sp³-hybridized carbons (Fsp3) is 0.375. The van der Waals surface area contributed by atoms with Crippen LogP contribution in [-0.2, 0) is 13.0 Å². The van der Waals surface area contributed by atoms with Gasteiger partial charge in [-0.15, -0.1) is 11.3 Å². The van der Waals surface area contributed by atoms with Gasteiger partial charge in [0.15, 0.2) is 0 Å². The van der Waals surface area contributed by atoms with Crippen LogP contribution in [0, 0.1) is 0 Å². The number of carbonyl (C=O) groups is 1. The second kappa shape index (κ2) is 7.94. The predicted octanol–water partition coefficient (Wildman–Crippen LogP) is 1.93. The molecule has 2 aromatic rings. The second-order valence-corrected chi connectivity index (χ2v) is 5.95. The summed E-state index contributed by atoms with van der Waals surface area (Å²) in [6.07, 6.45) is 0.688. The largest absolute Gasteiger partial charge is 0.497 e. The normalized spacial score (nSPS) is 10.4. The van der Waals surface area contributed by atoms with Crippen LogP contribution < -0.4 is 15.2 Å². The van der Waals surface area contributed by atoms with Crippen molar-refractivity contribution in [2.45, 2.75) is 13.0 Å². The minimum absolute atomic E-state index is 0.123. The monoisotopic (exact) mass is 335 g/mol. The van der Waals surface area contributed by atoms with Gasteiger partial charge in [-0.05, 0) is 18.7 Å². The number of amides is 1. The van der Waals surface area contributed by atoms with E-state index in [2.05, 4.69) is 4.98 Å². The Bertz CT molecular complexity index is 672. The topological polar surface area (TPSA) is 77.7 Å². The van der Waals surface area contributed by atoms with Crippen molar-refractivity contribution in [2.75, 3.05) is 27.8 Å². The van der Waals surface area contributed by atoms with Gasteiger partial charge in [0, 0.05) is 37.0 Å². The predicted molar refractivity (Wildman–Crippen MR) is 90.2 cm³/mol. The third-order valence-corrected chi connectivity index (χ3v) is 4.29. The average molecular weight is 335 g/mol. The maximum absolute atomic E-state index is 12.5. The number of nitrogens with zero attached hydrogens (tertiary/aromatic N) is 2. The summed E-state index contributed by atoms with van der Waals surface area (Å²) in [5.74, 6) is 1.28. The molecule has 6 nitrogen and oxygen atoms in total. The highest BCUT2D eigenvalue weighted by Crippen LogP contribution is 2.26. The quantitative estimate of drug-likeness (QED) is 0.836. The summed E-state index contributed by atoms with van der Waals surface area (Å²) in [6, 6.07) is 5.54. The van der Waals surface area contributed by atoms with Gasteiger partial charge in [-0.1, -0.05) is 0 Å². The van der Waals surface area contributed by atoms with Crippen molar-refractivity contribution in [1.82, 2.24) is 9.88 Å². The van der Waals surface area contributed by atoms with Gasteiger partial charge in [0.25, 0.3) is 5.91 Å². The molecule has 23 heavy (non-hydrogen) atoms. The zero-order valence-electron chi connectivity index (χ0n) is 13.5. The van der Waals surface area contributed by atoms with Gasteiger partial charge in [-0.2, -0.15) is 0 Å². The molecule has 0 saturated heterocycles. The first-order chi connectivity index (χ1) is 11.1. The number of rotatable bonds is 7. The molecule has 0 bridgehead atoms. The molecule has 0 aliphatic rings. The van der Waals surface area contributed by atoms with Crippen molar-refractivity contribution in [3.05, 3.63) is 39.8 Å². The first kappa shape index (κ1) is 17.2. The molecular weight excluding hydrogens is 314 g/mol. The van der Waals surface area contributed by atoms with E-state index in [1.165, 1.54) is 11.3 Å². The fourth-order valence-electron chi connectivity index (χ4n) is 2.15. The highest BCUT2D eigenvalue weighted by atomic mass is 32.1. The number of nitrogens with two attached hydrogens (primary N) is 1. The van der Waals surface area contributed by atoms with Gasteiger partial charge >= 0.3 is 0 Å². The lowest BCUT2D eigenvalue weighted by Crippen LogP contribution is -2.26. The second-order valence-electron chi connectivity index (χ2n) is 5.00. The maximum atomic E-state index is 12.5. The summed E-state index contributed by atoms with van der Waals surface area (Å²) in [6.45, 7) is 0.954. The van der Waals surface area contributed by atoms with E-state index in [0.29, 0.717) is 36.7 Å². The third-order valence-electron chi connectivity index (χ3n) is 3.38. The Morgan fingerprint density at radius 2 is 2.13 bits per heavy atom. The SMILES string of the molecule is COc1ccc(CN(C)C(=O)c2csc(CCN)n2)c(OC)c1. The van der Waals surface area contributed by atoms with Crippen LogP contribution in [0.25, 0.3) is 0 Å². The molecule has 0 atom stereocenters. The van der Waals surface area contributed by atoms with Gasteiger partial charge in [0.05, 0.1) is 19.2 Å². The highest BCUT2D eigenvalue weighted by molar-refractivity contribution is 7.09. The maximum Gasteiger partial charge on any atom is 0.273 e. The Morgan fingerprint density at radius 1 is 1.35 bits per heavy atom. The van der Waals surface area contributed by atoms with E-state index in [4.69, 9.17) is 15.2 Å². The number of methoxy groups -OCH3 is 2. The van der Waals surface area contributed by atoms with Gasteiger partial charge < -0.3 is 20.1 Å². The Hall–Kier alpha value is -2.12. The lowest BCUT2D eigenvalue weighted by Gasteiger charge is -2.18. The minimum atomic E-state index is -0.123. The molecule has 0 radical (unpaired) electrons. The molecule has 124 valence electrons. The lowest BCUT2D eigenvalue weighted by molar-refractivity contribution is 0.0779. The van der Waals surface area contributed by atoms with Crippen LogP contribution in [0.4, 0.5) is 0 Å². The Balaban J connectivity index is 2.11. The van der Waals surface area contributed by atoms with Crippen molar-refractivity contribution in [1.29, 1.82) is 0 Å². The molecule has 0 aliphatic heterocycles. The van der Waals surface area contributed by atoms with Crippen molar-refractivity contribution in [3.8, 4) is 11.5 Å². The summed E-state index contributed by atoms with van der Waals surface area (Å²) < 4.78 is 10.5. The molecule has 1 heterocycles. The summed E-state index contributed by atoms with van der Waals surface area (Å²) in [5, 5.41) is 2.65. The number of ether oxygens (including phenoxy) is 2. The van der Waals surface area contributed by atoms with Crippen LogP contribution in [0.1, 0.15) is 21.1 Å². The van der Waals surface area contributed by atoms with Crippen molar-refractivity contribution >= 4 is 17.2 Å². The van der Waals surface area contributed by atoms with Crippen molar-refractivity contribution in [2.24, 2.45) is 5.73 Å². The van der Waals surface area contributed by atoms with E-state index in [0.717, 1.165) is 10.6 Å². The first-order valence-corrected chi connectivity index (χ1v) is 8.07. The summed E-state index contributed by atoms with van der Waals surface area (Å²) in [5.41, 5.74) is 6.87.